The van der Waals surface area contributed by atoms with Crippen molar-refractivity contribution in [2.24, 2.45) is 4.99 Å². The number of benzene rings is 1. The topological polar surface area (TPSA) is 78.9 Å². The summed E-state index contributed by atoms with van der Waals surface area (Å²) in [5.41, 5.74) is 1.59. The van der Waals surface area contributed by atoms with Gasteiger partial charge in [-0.05, 0) is 39.3 Å². The average Bonchev–Trinajstić information content (AvgIpc) is 2.60. The molecule has 1 aromatic carbocycles. The molecule has 0 aliphatic carbocycles. The summed E-state index contributed by atoms with van der Waals surface area (Å²) in [6.45, 7) is 10.2. The number of nitrogens with zero attached hydrogens (tertiary/aromatic N) is 3. The Morgan fingerprint density at radius 3 is 2.75 bits per heavy atom. The summed E-state index contributed by atoms with van der Waals surface area (Å²) in [5.74, 6) is 0.740. The van der Waals surface area contributed by atoms with E-state index < -0.39 is 5.60 Å². The van der Waals surface area contributed by atoms with Crippen LogP contribution in [0.4, 0.5) is 4.79 Å². The molecule has 0 spiro atoms. The number of aliphatic imine (C=N–C) groups is 1. The van der Waals surface area contributed by atoms with Gasteiger partial charge in [0.15, 0.2) is 5.96 Å². The summed E-state index contributed by atoms with van der Waals surface area (Å²) in [5, 5.41) is 7.77. The Morgan fingerprint density at radius 1 is 1.29 bits per heavy atom. The van der Waals surface area contributed by atoms with Gasteiger partial charge in [0.25, 0.3) is 0 Å². The van der Waals surface area contributed by atoms with Gasteiger partial charge in [-0.25, -0.2) is 9.79 Å². The van der Waals surface area contributed by atoms with Gasteiger partial charge in [-0.3, -0.25) is 4.98 Å². The number of carbonyl (C=O) groups excluding carboxylic acids is 1. The molecule has 0 radical (unpaired) electrons. The second kappa shape index (κ2) is 8.46. The largest absolute Gasteiger partial charge is 0.444 e. The van der Waals surface area contributed by atoms with Crippen LogP contribution in [-0.4, -0.2) is 53.2 Å². The zero-order chi connectivity index (χ0) is 20.1. The number of rotatable bonds is 4. The minimum atomic E-state index is -0.474. The number of likely N-dealkylation sites (tertiary alicyclic amines) is 1. The standard InChI is InChI=1S/C21H29N5O2/c1-5-22-19(25-17-13-26(14-17)20(27)28-21(2,3)4)24-12-16-9-6-8-15-10-7-11-23-18(15)16/h6-11,17H,5,12-14H2,1-4H3,(H2,22,24,25). The van der Waals surface area contributed by atoms with Crippen molar-refractivity contribution in [3.8, 4) is 0 Å². The number of fused-ring (bicyclic) bond motifs is 1. The fraction of sp³-hybridized carbons (Fsp3) is 0.476. The molecule has 7 nitrogen and oxygen atoms in total. The lowest BCUT2D eigenvalue weighted by molar-refractivity contribution is 0.00701. The Morgan fingerprint density at radius 2 is 2.04 bits per heavy atom. The van der Waals surface area contributed by atoms with Crippen LogP contribution in [-0.2, 0) is 11.3 Å². The summed E-state index contributed by atoms with van der Waals surface area (Å²) in [6, 6.07) is 10.3. The Hall–Kier alpha value is -2.83. The molecule has 1 aliphatic heterocycles. The molecule has 1 amide bonds. The fourth-order valence-corrected chi connectivity index (χ4v) is 3.02. The van der Waals surface area contributed by atoms with E-state index in [1.54, 1.807) is 11.1 Å². The average molecular weight is 383 g/mol. The van der Waals surface area contributed by atoms with Crippen LogP contribution >= 0.6 is 0 Å². The molecule has 0 saturated carbocycles. The van der Waals surface area contributed by atoms with Crippen molar-refractivity contribution in [1.29, 1.82) is 0 Å². The van der Waals surface area contributed by atoms with Crippen molar-refractivity contribution < 1.29 is 9.53 Å². The van der Waals surface area contributed by atoms with E-state index in [4.69, 9.17) is 9.73 Å². The SMILES string of the molecule is CCNC(=NCc1cccc2cccnc12)NC1CN(C(=O)OC(C)(C)C)C1. The smallest absolute Gasteiger partial charge is 0.410 e. The quantitative estimate of drug-likeness (QED) is 0.627. The number of hydrogen-bond donors (Lipinski definition) is 2. The molecular formula is C21H29N5O2. The van der Waals surface area contributed by atoms with Crippen molar-refractivity contribution in [2.75, 3.05) is 19.6 Å². The number of aromatic nitrogens is 1. The highest BCUT2D eigenvalue weighted by molar-refractivity contribution is 5.83. The molecule has 0 atom stereocenters. The van der Waals surface area contributed by atoms with Gasteiger partial charge < -0.3 is 20.3 Å². The third-order valence-electron chi connectivity index (χ3n) is 4.34. The van der Waals surface area contributed by atoms with Crippen LogP contribution in [0.1, 0.15) is 33.3 Å². The number of pyridine rings is 1. The van der Waals surface area contributed by atoms with Crippen LogP contribution in [0.2, 0.25) is 0 Å². The third kappa shape index (κ3) is 5.12. The molecule has 2 heterocycles. The van der Waals surface area contributed by atoms with E-state index in [9.17, 15) is 4.79 Å². The molecule has 0 bridgehead atoms. The van der Waals surface area contributed by atoms with Crippen LogP contribution in [0, 0.1) is 0 Å². The molecule has 3 rings (SSSR count). The first-order chi connectivity index (χ1) is 13.4. The van der Waals surface area contributed by atoms with Gasteiger partial charge in [0.05, 0.1) is 18.1 Å². The Labute approximate surface area is 166 Å². The number of nitrogens with one attached hydrogen (secondary N) is 2. The van der Waals surface area contributed by atoms with Crippen molar-refractivity contribution in [2.45, 2.75) is 45.9 Å². The molecule has 2 N–H and O–H groups in total. The molecule has 1 aliphatic rings. The lowest BCUT2D eigenvalue weighted by Gasteiger charge is -2.40. The van der Waals surface area contributed by atoms with Gasteiger partial charge in [-0.1, -0.05) is 24.3 Å². The summed E-state index contributed by atoms with van der Waals surface area (Å²) < 4.78 is 5.40. The lowest BCUT2D eigenvalue weighted by atomic mass is 10.1. The summed E-state index contributed by atoms with van der Waals surface area (Å²) >= 11 is 0. The zero-order valence-electron chi connectivity index (χ0n) is 17.0. The maximum Gasteiger partial charge on any atom is 0.410 e. The summed E-state index contributed by atoms with van der Waals surface area (Å²) in [6.07, 6.45) is 1.54. The molecular weight excluding hydrogens is 354 g/mol. The van der Waals surface area contributed by atoms with E-state index in [1.807, 2.05) is 39.8 Å². The number of amides is 1. The Bertz CT molecular complexity index is 848. The second-order valence-electron chi connectivity index (χ2n) is 7.91. The van der Waals surface area contributed by atoms with E-state index >= 15 is 0 Å². The number of para-hydroxylation sites is 1. The van der Waals surface area contributed by atoms with Gasteiger partial charge in [0.2, 0.25) is 0 Å². The van der Waals surface area contributed by atoms with Gasteiger partial charge in [0.1, 0.15) is 5.60 Å². The molecule has 0 unspecified atom stereocenters. The van der Waals surface area contributed by atoms with Crippen molar-refractivity contribution >= 4 is 23.0 Å². The predicted molar refractivity (Wildman–Crippen MR) is 111 cm³/mol. The summed E-state index contributed by atoms with van der Waals surface area (Å²) in [4.78, 5) is 22.9. The van der Waals surface area contributed by atoms with Crippen LogP contribution in [0.5, 0.6) is 0 Å². The molecule has 2 aromatic rings. The van der Waals surface area contributed by atoms with E-state index in [0.29, 0.717) is 19.6 Å². The highest BCUT2D eigenvalue weighted by Crippen LogP contribution is 2.17. The van der Waals surface area contributed by atoms with E-state index in [1.165, 1.54) is 0 Å². The Balaban J connectivity index is 1.59. The third-order valence-corrected chi connectivity index (χ3v) is 4.34. The lowest BCUT2D eigenvalue weighted by Crippen LogP contribution is -2.63. The minimum absolute atomic E-state index is 0.163. The van der Waals surface area contributed by atoms with Crippen LogP contribution in [0.15, 0.2) is 41.5 Å². The normalized spacial score (nSPS) is 15.3. The van der Waals surface area contributed by atoms with Crippen LogP contribution in [0.3, 0.4) is 0 Å². The molecule has 1 saturated heterocycles. The van der Waals surface area contributed by atoms with Crippen LogP contribution in [0.25, 0.3) is 10.9 Å². The first-order valence-corrected chi connectivity index (χ1v) is 9.71. The van der Waals surface area contributed by atoms with Crippen LogP contribution < -0.4 is 10.6 Å². The van der Waals surface area contributed by atoms with E-state index in [0.717, 1.165) is 29.0 Å². The number of ether oxygens (including phenoxy) is 1. The van der Waals surface area contributed by atoms with Crippen molar-refractivity contribution in [3.05, 3.63) is 42.1 Å². The van der Waals surface area contributed by atoms with E-state index in [-0.39, 0.29) is 12.1 Å². The van der Waals surface area contributed by atoms with Gasteiger partial charge in [-0.15, -0.1) is 0 Å². The first kappa shape index (κ1) is 19.9. The molecule has 7 heteroatoms. The maximum absolute atomic E-state index is 12.1. The number of hydrogen-bond acceptors (Lipinski definition) is 4. The zero-order valence-corrected chi connectivity index (χ0v) is 17.0. The molecule has 1 aromatic heterocycles. The second-order valence-corrected chi connectivity index (χ2v) is 7.91. The molecule has 150 valence electrons. The highest BCUT2D eigenvalue weighted by Gasteiger charge is 2.34. The molecule has 1 fully saturated rings. The monoisotopic (exact) mass is 383 g/mol. The van der Waals surface area contributed by atoms with Gasteiger partial charge >= 0.3 is 6.09 Å². The molecule has 28 heavy (non-hydrogen) atoms. The number of guanidine groups is 1. The maximum atomic E-state index is 12.1. The van der Waals surface area contributed by atoms with Gasteiger partial charge in [0, 0.05) is 31.2 Å². The van der Waals surface area contributed by atoms with Crippen molar-refractivity contribution in [3.63, 3.8) is 0 Å². The number of carbonyl (C=O) groups is 1. The predicted octanol–water partition coefficient (Wildman–Crippen LogP) is 2.91. The summed E-state index contributed by atoms with van der Waals surface area (Å²) in [7, 11) is 0. The van der Waals surface area contributed by atoms with Gasteiger partial charge in [-0.2, -0.15) is 0 Å². The Kier molecular flexibility index (Phi) is 6.02. The highest BCUT2D eigenvalue weighted by atomic mass is 16.6. The van der Waals surface area contributed by atoms with Crippen molar-refractivity contribution in [1.82, 2.24) is 20.5 Å². The minimum Gasteiger partial charge on any atom is -0.444 e. The fourth-order valence-electron chi connectivity index (χ4n) is 3.02. The first-order valence-electron chi connectivity index (χ1n) is 9.71. The van der Waals surface area contributed by atoms with E-state index in [2.05, 4.69) is 33.8 Å².